The van der Waals surface area contributed by atoms with Crippen LogP contribution >= 0.6 is 11.3 Å². The minimum absolute atomic E-state index is 0.268. The van der Waals surface area contributed by atoms with Crippen molar-refractivity contribution in [1.29, 1.82) is 0 Å². The maximum absolute atomic E-state index is 12.3. The smallest absolute Gasteiger partial charge is 0.323 e. The number of fused-ring (bicyclic) bond motifs is 1. The van der Waals surface area contributed by atoms with E-state index in [9.17, 15) is 9.90 Å². The van der Waals surface area contributed by atoms with E-state index in [1.54, 1.807) is 7.05 Å². The van der Waals surface area contributed by atoms with E-state index < -0.39 is 5.60 Å². The molecule has 0 radical (unpaired) electrons. The molecule has 3 rings (SSSR count). The number of nitrogens with zero attached hydrogens (tertiary/aromatic N) is 3. The minimum atomic E-state index is -0.878. The number of anilines is 1. The van der Waals surface area contributed by atoms with Gasteiger partial charge in [0.15, 0.2) is 5.13 Å². The highest BCUT2D eigenvalue weighted by Crippen LogP contribution is 2.25. The van der Waals surface area contributed by atoms with Crippen LogP contribution in [0.2, 0.25) is 0 Å². The molecule has 124 valence electrons. The molecule has 1 aliphatic rings. The van der Waals surface area contributed by atoms with Crippen LogP contribution in [0.3, 0.4) is 0 Å². The van der Waals surface area contributed by atoms with Crippen LogP contribution in [0.25, 0.3) is 10.3 Å². The predicted octanol–water partition coefficient (Wildman–Crippen LogP) is 2.00. The quantitative estimate of drug-likeness (QED) is 0.895. The van der Waals surface area contributed by atoms with Crippen LogP contribution in [0.1, 0.15) is 18.5 Å². The summed E-state index contributed by atoms with van der Waals surface area (Å²) in [5.74, 6) is 0. The maximum Gasteiger partial charge on any atom is 0.323 e. The van der Waals surface area contributed by atoms with E-state index >= 15 is 0 Å². The number of carbonyl (C=O) groups excluding carboxylic acids is 1. The molecule has 0 spiro atoms. The molecule has 0 unspecified atom stereocenters. The van der Waals surface area contributed by atoms with Crippen molar-refractivity contribution < 1.29 is 14.6 Å². The first kappa shape index (κ1) is 16.1. The maximum atomic E-state index is 12.3. The zero-order chi connectivity index (χ0) is 16.4. The molecule has 0 atom stereocenters. The molecule has 0 bridgehead atoms. The summed E-state index contributed by atoms with van der Waals surface area (Å²) in [5.41, 5.74) is 0.802. The van der Waals surface area contributed by atoms with E-state index in [4.69, 9.17) is 4.74 Å². The molecule has 0 saturated carbocycles. The van der Waals surface area contributed by atoms with Crippen LogP contribution in [0.15, 0.2) is 12.1 Å². The summed E-state index contributed by atoms with van der Waals surface area (Å²) in [5, 5.41) is 13.8. The fraction of sp³-hybridized carbons (Fsp3) is 0.533. The number of aryl methyl sites for hydroxylation is 1. The summed E-state index contributed by atoms with van der Waals surface area (Å²) >= 11 is 1.34. The van der Waals surface area contributed by atoms with Crippen LogP contribution in [-0.4, -0.2) is 58.4 Å². The number of aliphatic hydroxyl groups is 1. The van der Waals surface area contributed by atoms with E-state index in [2.05, 4.69) is 15.3 Å². The average molecular weight is 336 g/mol. The second kappa shape index (κ2) is 6.38. The monoisotopic (exact) mass is 336 g/mol. The first-order chi connectivity index (χ1) is 11.0. The lowest BCUT2D eigenvalue weighted by Crippen LogP contribution is -2.48. The molecule has 23 heavy (non-hydrogen) atoms. The second-order valence-electron chi connectivity index (χ2n) is 5.92. The van der Waals surface area contributed by atoms with Gasteiger partial charge in [0.05, 0.1) is 12.1 Å². The van der Waals surface area contributed by atoms with Gasteiger partial charge in [-0.05, 0) is 19.1 Å². The molecule has 1 saturated heterocycles. The zero-order valence-corrected chi connectivity index (χ0v) is 14.0. The number of likely N-dealkylation sites (N-methyl/N-ethyl adjacent to an activating group) is 1. The van der Waals surface area contributed by atoms with E-state index in [1.807, 2.05) is 19.1 Å². The van der Waals surface area contributed by atoms with Crippen molar-refractivity contribution in [1.82, 2.24) is 14.9 Å². The number of hydrogen-bond donors (Lipinski definition) is 2. The van der Waals surface area contributed by atoms with Gasteiger partial charge in [-0.15, -0.1) is 0 Å². The number of amides is 2. The van der Waals surface area contributed by atoms with Gasteiger partial charge in [-0.25, -0.2) is 14.8 Å². The Morgan fingerprint density at radius 3 is 2.91 bits per heavy atom. The largest absolute Gasteiger partial charge is 0.388 e. The van der Waals surface area contributed by atoms with Gasteiger partial charge in [0, 0.05) is 38.8 Å². The molecule has 0 aliphatic carbocycles. The summed E-state index contributed by atoms with van der Waals surface area (Å²) in [6.07, 6.45) is 1.07. The van der Waals surface area contributed by atoms with Crippen LogP contribution in [0, 0.1) is 6.92 Å². The van der Waals surface area contributed by atoms with E-state index in [-0.39, 0.29) is 12.6 Å². The Morgan fingerprint density at radius 1 is 1.43 bits per heavy atom. The summed E-state index contributed by atoms with van der Waals surface area (Å²) in [6, 6.07) is 3.49. The van der Waals surface area contributed by atoms with Crippen molar-refractivity contribution in [3.63, 3.8) is 0 Å². The average Bonchev–Trinajstić information content (AvgIpc) is 2.88. The normalized spacial score (nSPS) is 17.2. The Kier molecular flexibility index (Phi) is 4.47. The molecule has 8 heteroatoms. The van der Waals surface area contributed by atoms with Crippen molar-refractivity contribution in [2.24, 2.45) is 0 Å². The molecule has 2 aromatic heterocycles. The lowest BCUT2D eigenvalue weighted by atomic mass is 9.94. The topological polar surface area (TPSA) is 87.6 Å². The van der Waals surface area contributed by atoms with E-state index in [0.717, 1.165) is 16.0 Å². The van der Waals surface area contributed by atoms with Crippen molar-refractivity contribution >= 4 is 32.8 Å². The molecular weight excluding hydrogens is 316 g/mol. The Hall–Kier alpha value is -1.77. The number of urea groups is 1. The third kappa shape index (κ3) is 3.77. The summed E-state index contributed by atoms with van der Waals surface area (Å²) in [7, 11) is 1.67. The number of pyridine rings is 1. The molecule has 7 nitrogen and oxygen atoms in total. The van der Waals surface area contributed by atoms with E-state index in [1.165, 1.54) is 16.2 Å². The van der Waals surface area contributed by atoms with Crippen LogP contribution in [-0.2, 0) is 4.74 Å². The fourth-order valence-corrected chi connectivity index (χ4v) is 3.45. The predicted molar refractivity (Wildman–Crippen MR) is 88.8 cm³/mol. The highest BCUT2D eigenvalue weighted by atomic mass is 32.1. The standard InChI is InChI=1S/C15H20N4O3S/c1-10-3-4-11-12(16-10)23-13(17-11)18-14(20)19(2)9-15(21)5-7-22-8-6-15/h3-4,21H,5-9H2,1-2H3,(H,17,18,20). The lowest BCUT2D eigenvalue weighted by molar-refractivity contribution is -0.0717. The van der Waals surface area contributed by atoms with Gasteiger partial charge in [-0.1, -0.05) is 11.3 Å². The Balaban J connectivity index is 1.65. The van der Waals surface area contributed by atoms with Crippen molar-refractivity contribution in [2.45, 2.75) is 25.4 Å². The Morgan fingerprint density at radius 2 is 2.17 bits per heavy atom. The van der Waals surface area contributed by atoms with Gasteiger partial charge in [-0.2, -0.15) is 0 Å². The van der Waals surface area contributed by atoms with Gasteiger partial charge < -0.3 is 14.7 Å². The molecule has 2 amide bonds. The molecule has 1 fully saturated rings. The third-order valence-corrected chi connectivity index (χ3v) is 4.79. The molecule has 3 heterocycles. The van der Waals surface area contributed by atoms with Gasteiger partial charge in [0.25, 0.3) is 0 Å². The SMILES string of the molecule is Cc1ccc2nc(NC(=O)N(C)CC3(O)CCOCC3)sc2n1. The fourth-order valence-electron chi connectivity index (χ4n) is 2.57. The highest BCUT2D eigenvalue weighted by Gasteiger charge is 2.32. The molecule has 2 aromatic rings. The number of hydrogen-bond acceptors (Lipinski definition) is 6. The number of aromatic nitrogens is 2. The molecule has 0 aromatic carbocycles. The Labute approximate surface area is 138 Å². The summed E-state index contributed by atoms with van der Waals surface area (Å²) < 4.78 is 5.25. The lowest BCUT2D eigenvalue weighted by Gasteiger charge is -2.35. The van der Waals surface area contributed by atoms with Crippen LogP contribution < -0.4 is 5.32 Å². The molecule has 2 N–H and O–H groups in total. The minimum Gasteiger partial charge on any atom is -0.388 e. The van der Waals surface area contributed by atoms with Crippen molar-refractivity contribution in [2.75, 3.05) is 32.1 Å². The number of carbonyl (C=O) groups is 1. The van der Waals surface area contributed by atoms with Crippen molar-refractivity contribution in [3.8, 4) is 0 Å². The van der Waals surface area contributed by atoms with Gasteiger partial charge in [-0.3, -0.25) is 5.32 Å². The van der Waals surface area contributed by atoms with Gasteiger partial charge in [0.2, 0.25) is 0 Å². The van der Waals surface area contributed by atoms with Crippen molar-refractivity contribution in [3.05, 3.63) is 17.8 Å². The van der Waals surface area contributed by atoms with Crippen LogP contribution in [0.4, 0.5) is 9.93 Å². The summed E-state index contributed by atoms with van der Waals surface area (Å²) in [4.78, 5) is 23.3. The van der Waals surface area contributed by atoms with Crippen LogP contribution in [0.5, 0.6) is 0 Å². The first-order valence-electron chi connectivity index (χ1n) is 7.52. The summed E-state index contributed by atoms with van der Waals surface area (Å²) in [6.45, 7) is 3.23. The Bertz CT molecular complexity index is 712. The van der Waals surface area contributed by atoms with Gasteiger partial charge in [0.1, 0.15) is 10.3 Å². The number of nitrogens with one attached hydrogen (secondary N) is 1. The van der Waals surface area contributed by atoms with Gasteiger partial charge >= 0.3 is 6.03 Å². The van der Waals surface area contributed by atoms with E-state index in [0.29, 0.717) is 31.2 Å². The number of thiazole rings is 1. The molecular formula is C15H20N4O3S. The highest BCUT2D eigenvalue weighted by molar-refractivity contribution is 7.21. The number of rotatable bonds is 3. The molecule has 1 aliphatic heterocycles. The first-order valence-corrected chi connectivity index (χ1v) is 8.33. The second-order valence-corrected chi connectivity index (χ2v) is 6.90. The third-order valence-electron chi connectivity index (χ3n) is 3.91. The number of ether oxygens (including phenoxy) is 1. The zero-order valence-electron chi connectivity index (χ0n) is 13.2.